The molecule has 0 saturated carbocycles. The van der Waals surface area contributed by atoms with Crippen molar-refractivity contribution < 1.29 is 14.2 Å². The zero-order chi connectivity index (χ0) is 15.5. The van der Waals surface area contributed by atoms with E-state index < -0.39 is 0 Å². The Morgan fingerprint density at radius 3 is 2.71 bits per heavy atom. The Kier molecular flexibility index (Phi) is 9.67. The molecule has 0 aliphatic carbocycles. The number of rotatable bonds is 11. The van der Waals surface area contributed by atoms with Crippen LogP contribution in [0.5, 0.6) is 5.75 Å². The van der Waals surface area contributed by atoms with Crippen molar-refractivity contribution in [2.24, 2.45) is 5.92 Å². The third kappa shape index (κ3) is 8.41. The van der Waals surface area contributed by atoms with E-state index in [-0.39, 0.29) is 0 Å². The Morgan fingerprint density at radius 1 is 1.19 bits per heavy atom. The summed E-state index contributed by atoms with van der Waals surface area (Å²) in [5, 5.41) is 3.32. The predicted octanol–water partition coefficient (Wildman–Crippen LogP) is 3.24. The van der Waals surface area contributed by atoms with Crippen LogP contribution in [-0.2, 0) is 16.0 Å². The first-order chi connectivity index (χ1) is 10.1. The number of halogens is 1. The van der Waals surface area contributed by atoms with Crippen LogP contribution in [0.15, 0.2) is 22.7 Å². The highest BCUT2D eigenvalue weighted by Crippen LogP contribution is 2.22. The summed E-state index contributed by atoms with van der Waals surface area (Å²) in [4.78, 5) is 0. The zero-order valence-electron chi connectivity index (χ0n) is 13.2. The van der Waals surface area contributed by atoms with Gasteiger partial charge in [-0.15, -0.1) is 0 Å². The molecular weight excluding hydrogens is 334 g/mol. The monoisotopic (exact) mass is 359 g/mol. The average molecular weight is 360 g/mol. The summed E-state index contributed by atoms with van der Waals surface area (Å²) in [6.45, 7) is 8.57. The quantitative estimate of drug-likeness (QED) is 0.615. The Balaban J connectivity index is 2.34. The fourth-order valence-corrected chi connectivity index (χ4v) is 2.10. The topological polar surface area (TPSA) is 39.7 Å². The van der Waals surface area contributed by atoms with E-state index in [1.807, 2.05) is 18.2 Å². The minimum absolute atomic E-state index is 0.558. The summed E-state index contributed by atoms with van der Waals surface area (Å²) in [7, 11) is 1.70. The third-order valence-corrected chi connectivity index (χ3v) is 3.54. The van der Waals surface area contributed by atoms with Gasteiger partial charge in [-0.3, -0.25) is 0 Å². The summed E-state index contributed by atoms with van der Waals surface area (Å²) in [5.74, 6) is 1.43. The maximum Gasteiger partial charge on any atom is 0.119 e. The Labute approximate surface area is 136 Å². The van der Waals surface area contributed by atoms with E-state index in [9.17, 15) is 0 Å². The van der Waals surface area contributed by atoms with Crippen molar-refractivity contribution in [3.05, 3.63) is 28.2 Å². The van der Waals surface area contributed by atoms with Gasteiger partial charge < -0.3 is 19.5 Å². The van der Waals surface area contributed by atoms with Crippen molar-refractivity contribution in [2.75, 3.05) is 40.1 Å². The van der Waals surface area contributed by atoms with Crippen LogP contribution in [0, 0.1) is 5.92 Å². The Hall–Kier alpha value is -0.620. The largest absolute Gasteiger partial charge is 0.491 e. The second kappa shape index (κ2) is 11.0. The van der Waals surface area contributed by atoms with Crippen LogP contribution in [0.4, 0.5) is 0 Å². The van der Waals surface area contributed by atoms with Crippen molar-refractivity contribution >= 4 is 15.9 Å². The fraction of sp³-hybridized carbons (Fsp3) is 0.625. The van der Waals surface area contributed by atoms with Crippen LogP contribution in [-0.4, -0.2) is 40.1 Å². The Morgan fingerprint density at radius 2 is 2.00 bits per heavy atom. The second-order valence-corrected chi connectivity index (χ2v) is 6.09. The van der Waals surface area contributed by atoms with Gasteiger partial charge in [-0.05, 0) is 29.7 Å². The molecular formula is C16H26BrNO3. The molecule has 1 rings (SSSR count). The van der Waals surface area contributed by atoms with Gasteiger partial charge in [0.2, 0.25) is 0 Å². The van der Waals surface area contributed by atoms with Crippen molar-refractivity contribution in [1.29, 1.82) is 0 Å². The van der Waals surface area contributed by atoms with E-state index in [2.05, 4.69) is 35.1 Å². The van der Waals surface area contributed by atoms with E-state index in [0.717, 1.165) is 29.9 Å². The molecule has 5 heteroatoms. The van der Waals surface area contributed by atoms with E-state index in [1.54, 1.807) is 7.11 Å². The van der Waals surface area contributed by atoms with Crippen molar-refractivity contribution in [1.82, 2.24) is 5.32 Å². The van der Waals surface area contributed by atoms with Gasteiger partial charge >= 0.3 is 0 Å². The van der Waals surface area contributed by atoms with E-state index in [4.69, 9.17) is 14.2 Å². The highest BCUT2D eigenvalue weighted by molar-refractivity contribution is 9.10. The third-order valence-electron chi connectivity index (χ3n) is 2.76. The lowest BCUT2D eigenvalue weighted by Gasteiger charge is -2.11. The molecule has 1 N–H and O–H groups in total. The normalized spacial score (nSPS) is 11.1. The standard InChI is InChI=1S/C16H26BrNO3/c1-13(2)12-20-8-9-21-15-4-5-16(17)14(10-15)11-18-6-7-19-3/h4-5,10,13,18H,6-9,11-12H2,1-3H3. The van der Waals surface area contributed by atoms with Gasteiger partial charge in [0.25, 0.3) is 0 Å². The molecule has 0 atom stereocenters. The molecule has 21 heavy (non-hydrogen) atoms. The van der Waals surface area contributed by atoms with Crippen molar-refractivity contribution in [3.8, 4) is 5.75 Å². The molecule has 4 nitrogen and oxygen atoms in total. The number of hydrogen-bond acceptors (Lipinski definition) is 4. The second-order valence-electron chi connectivity index (χ2n) is 5.24. The molecule has 0 aliphatic heterocycles. The first-order valence-corrected chi connectivity index (χ1v) is 8.11. The first kappa shape index (κ1) is 18.4. The SMILES string of the molecule is COCCNCc1cc(OCCOCC(C)C)ccc1Br. The molecule has 1 aromatic rings. The molecule has 0 aromatic heterocycles. The van der Waals surface area contributed by atoms with Gasteiger partial charge in [-0.1, -0.05) is 29.8 Å². The van der Waals surface area contributed by atoms with Gasteiger partial charge in [0.05, 0.1) is 13.2 Å². The minimum Gasteiger partial charge on any atom is -0.491 e. The number of hydrogen-bond donors (Lipinski definition) is 1. The maximum atomic E-state index is 5.71. The molecule has 0 amide bonds. The van der Waals surface area contributed by atoms with Crippen LogP contribution < -0.4 is 10.1 Å². The number of benzene rings is 1. The molecule has 0 spiro atoms. The van der Waals surface area contributed by atoms with Crippen LogP contribution >= 0.6 is 15.9 Å². The Bertz CT molecular complexity index is 399. The fourth-order valence-electron chi connectivity index (χ4n) is 1.71. The lowest BCUT2D eigenvalue weighted by Crippen LogP contribution is -2.18. The van der Waals surface area contributed by atoms with Gasteiger partial charge in [-0.2, -0.15) is 0 Å². The highest BCUT2D eigenvalue weighted by atomic mass is 79.9. The molecule has 120 valence electrons. The van der Waals surface area contributed by atoms with E-state index in [1.165, 1.54) is 5.56 Å². The van der Waals surface area contributed by atoms with E-state index >= 15 is 0 Å². The van der Waals surface area contributed by atoms with Crippen LogP contribution in [0.2, 0.25) is 0 Å². The van der Waals surface area contributed by atoms with Gasteiger partial charge in [0.15, 0.2) is 0 Å². The molecule has 0 bridgehead atoms. The van der Waals surface area contributed by atoms with E-state index in [0.29, 0.717) is 25.7 Å². The molecule has 0 heterocycles. The predicted molar refractivity (Wildman–Crippen MR) is 88.9 cm³/mol. The first-order valence-electron chi connectivity index (χ1n) is 7.32. The summed E-state index contributed by atoms with van der Waals surface area (Å²) in [6, 6.07) is 6.02. The van der Waals surface area contributed by atoms with Crippen molar-refractivity contribution in [2.45, 2.75) is 20.4 Å². The smallest absolute Gasteiger partial charge is 0.119 e. The molecule has 0 saturated heterocycles. The summed E-state index contributed by atoms with van der Waals surface area (Å²) in [5.41, 5.74) is 1.17. The number of ether oxygens (including phenoxy) is 3. The summed E-state index contributed by atoms with van der Waals surface area (Å²) in [6.07, 6.45) is 0. The molecule has 0 unspecified atom stereocenters. The molecule has 0 radical (unpaired) electrons. The number of methoxy groups -OCH3 is 1. The lowest BCUT2D eigenvalue weighted by molar-refractivity contribution is 0.0819. The minimum atomic E-state index is 0.558. The van der Waals surface area contributed by atoms with Gasteiger partial charge in [0.1, 0.15) is 12.4 Å². The average Bonchev–Trinajstić information content (AvgIpc) is 2.45. The van der Waals surface area contributed by atoms with Gasteiger partial charge in [0, 0.05) is 31.3 Å². The van der Waals surface area contributed by atoms with Crippen LogP contribution in [0.1, 0.15) is 19.4 Å². The summed E-state index contributed by atoms with van der Waals surface area (Å²) >= 11 is 3.56. The molecule has 0 fully saturated rings. The van der Waals surface area contributed by atoms with Gasteiger partial charge in [-0.25, -0.2) is 0 Å². The maximum absolute atomic E-state index is 5.71. The molecule has 1 aromatic carbocycles. The highest BCUT2D eigenvalue weighted by Gasteiger charge is 2.03. The summed E-state index contributed by atoms with van der Waals surface area (Å²) < 4.78 is 17.3. The zero-order valence-corrected chi connectivity index (χ0v) is 14.7. The lowest BCUT2D eigenvalue weighted by atomic mass is 10.2. The van der Waals surface area contributed by atoms with Crippen LogP contribution in [0.3, 0.4) is 0 Å². The number of nitrogens with one attached hydrogen (secondary N) is 1. The molecule has 0 aliphatic rings. The van der Waals surface area contributed by atoms with Crippen molar-refractivity contribution in [3.63, 3.8) is 0 Å². The van der Waals surface area contributed by atoms with Crippen LogP contribution in [0.25, 0.3) is 0 Å².